The van der Waals surface area contributed by atoms with E-state index in [0.29, 0.717) is 6.42 Å². The van der Waals surface area contributed by atoms with Gasteiger partial charge in [0.15, 0.2) is 0 Å². The number of hydrogen-bond donors (Lipinski definition) is 1. The molecule has 1 amide bonds. The maximum absolute atomic E-state index is 12.6. The second-order valence-electron chi connectivity index (χ2n) is 10.7. The zero-order valence-corrected chi connectivity index (χ0v) is 21.6. The van der Waals surface area contributed by atoms with Crippen molar-refractivity contribution in [1.29, 1.82) is 0 Å². The molecule has 1 aromatic carbocycles. The number of carbonyl (C=O) groups excluding carboxylic acids is 1. The van der Waals surface area contributed by atoms with E-state index in [0.717, 1.165) is 25.7 Å². The van der Waals surface area contributed by atoms with Crippen LogP contribution in [-0.2, 0) is 9.63 Å². The van der Waals surface area contributed by atoms with E-state index in [2.05, 4.69) is 76.2 Å². The molecule has 1 aliphatic rings. The molecule has 4 heteroatoms. The van der Waals surface area contributed by atoms with E-state index in [1.165, 1.54) is 44.1 Å². The van der Waals surface area contributed by atoms with Gasteiger partial charge in [0.1, 0.15) is 6.10 Å². The second-order valence-corrected chi connectivity index (χ2v) is 10.7. The van der Waals surface area contributed by atoms with Crippen LogP contribution in [0.1, 0.15) is 124 Å². The Bertz CT molecular complexity index is 675. The first-order chi connectivity index (χ1) is 15.2. The van der Waals surface area contributed by atoms with Gasteiger partial charge in [-0.05, 0) is 58.9 Å². The van der Waals surface area contributed by atoms with Crippen LogP contribution in [0.3, 0.4) is 0 Å². The van der Waals surface area contributed by atoms with E-state index in [9.17, 15) is 4.79 Å². The largest absolute Gasteiger partial charge is 0.353 e. The average molecular weight is 445 g/mol. The van der Waals surface area contributed by atoms with Crippen LogP contribution < -0.4 is 5.32 Å². The van der Waals surface area contributed by atoms with Crippen molar-refractivity contribution >= 4 is 5.91 Å². The van der Waals surface area contributed by atoms with Crippen LogP contribution in [0.2, 0.25) is 0 Å². The van der Waals surface area contributed by atoms with E-state index < -0.39 is 0 Å². The fourth-order valence-corrected chi connectivity index (χ4v) is 5.25. The molecule has 182 valence electrons. The Labute approximate surface area is 197 Å². The predicted octanol–water partition coefficient (Wildman–Crippen LogP) is 7.35. The van der Waals surface area contributed by atoms with Crippen molar-refractivity contribution in [2.45, 2.75) is 135 Å². The van der Waals surface area contributed by atoms with Crippen molar-refractivity contribution in [2.75, 3.05) is 0 Å². The molecule has 1 fully saturated rings. The number of hydrogen-bond acceptors (Lipinski definition) is 3. The third-order valence-corrected chi connectivity index (χ3v) is 7.14. The molecule has 3 atom stereocenters. The number of nitrogens with one attached hydrogen (secondary N) is 1. The van der Waals surface area contributed by atoms with Crippen LogP contribution in [0.5, 0.6) is 0 Å². The first-order valence-electron chi connectivity index (χ1n) is 13.0. The maximum Gasteiger partial charge on any atom is 0.220 e. The molecule has 0 aliphatic carbocycles. The topological polar surface area (TPSA) is 41.6 Å². The van der Waals surface area contributed by atoms with E-state index in [4.69, 9.17) is 4.84 Å². The van der Waals surface area contributed by atoms with Crippen LogP contribution in [0.25, 0.3) is 0 Å². The Morgan fingerprint density at radius 3 is 2.28 bits per heavy atom. The lowest BCUT2D eigenvalue weighted by Crippen LogP contribution is -2.65. The van der Waals surface area contributed by atoms with Crippen LogP contribution in [0, 0.1) is 0 Å². The SMILES string of the molecule is CCCCCCCCCC(=O)NC1CC(C)(C)N(OC(C)c2ccccc2)C(C)(CC)C1. The van der Waals surface area contributed by atoms with Crippen LogP contribution in [-0.4, -0.2) is 28.1 Å². The summed E-state index contributed by atoms with van der Waals surface area (Å²) in [6.45, 7) is 13.4. The zero-order valence-electron chi connectivity index (χ0n) is 21.6. The molecule has 1 aromatic rings. The normalized spacial score (nSPS) is 24.2. The third-order valence-electron chi connectivity index (χ3n) is 7.14. The van der Waals surface area contributed by atoms with Gasteiger partial charge in [-0.15, -0.1) is 0 Å². The van der Waals surface area contributed by atoms with Crippen molar-refractivity contribution in [2.24, 2.45) is 0 Å². The summed E-state index contributed by atoms with van der Waals surface area (Å²) < 4.78 is 0. The van der Waals surface area contributed by atoms with Crippen LogP contribution in [0.15, 0.2) is 30.3 Å². The Morgan fingerprint density at radius 2 is 1.66 bits per heavy atom. The lowest BCUT2D eigenvalue weighted by atomic mass is 9.76. The van der Waals surface area contributed by atoms with E-state index in [1.54, 1.807) is 0 Å². The molecule has 0 saturated carbocycles. The fraction of sp³-hybridized carbons (Fsp3) is 0.750. The summed E-state index contributed by atoms with van der Waals surface area (Å²) in [4.78, 5) is 19.2. The minimum atomic E-state index is -0.163. The Morgan fingerprint density at radius 1 is 1.03 bits per heavy atom. The summed E-state index contributed by atoms with van der Waals surface area (Å²) in [5, 5.41) is 5.59. The third kappa shape index (κ3) is 7.88. The monoisotopic (exact) mass is 444 g/mol. The van der Waals surface area contributed by atoms with E-state index in [-0.39, 0.29) is 29.1 Å². The molecule has 32 heavy (non-hydrogen) atoms. The van der Waals surface area contributed by atoms with Gasteiger partial charge in [0, 0.05) is 23.5 Å². The van der Waals surface area contributed by atoms with E-state index in [1.807, 2.05) is 6.07 Å². The summed E-state index contributed by atoms with van der Waals surface area (Å²) in [5.74, 6) is 0.213. The molecule has 0 spiro atoms. The second kappa shape index (κ2) is 12.7. The number of benzene rings is 1. The van der Waals surface area contributed by atoms with Crippen LogP contribution >= 0.6 is 0 Å². The fourth-order valence-electron chi connectivity index (χ4n) is 5.25. The van der Waals surface area contributed by atoms with Gasteiger partial charge in [-0.2, -0.15) is 5.06 Å². The predicted molar refractivity (Wildman–Crippen MR) is 134 cm³/mol. The molecule has 1 saturated heterocycles. The summed E-state index contributed by atoms with van der Waals surface area (Å²) in [5.41, 5.74) is 0.901. The molecule has 4 nitrogen and oxygen atoms in total. The molecular weight excluding hydrogens is 396 g/mol. The van der Waals surface area contributed by atoms with Gasteiger partial charge < -0.3 is 5.32 Å². The first kappa shape index (κ1) is 26.9. The van der Waals surface area contributed by atoms with Gasteiger partial charge in [-0.25, -0.2) is 0 Å². The standard InChI is InChI=1S/C28H48N2O2/c1-7-9-10-11-12-13-17-20-26(31)29-25-21-27(4,5)30(28(6,8-2)22-25)32-23(3)24-18-15-14-16-19-24/h14-16,18-19,23,25H,7-13,17,20-22H2,1-6H3,(H,29,31). The Hall–Kier alpha value is -1.39. The van der Waals surface area contributed by atoms with Crippen molar-refractivity contribution in [3.63, 3.8) is 0 Å². The quantitative estimate of drug-likeness (QED) is 0.323. The number of piperidine rings is 1. The highest BCUT2D eigenvalue weighted by Gasteiger charge is 2.49. The molecule has 0 radical (unpaired) electrons. The summed E-state index contributed by atoms with van der Waals surface area (Å²) >= 11 is 0. The van der Waals surface area contributed by atoms with Gasteiger partial charge in [0.2, 0.25) is 5.91 Å². The number of hydroxylamine groups is 2. The summed E-state index contributed by atoms with van der Waals surface area (Å²) in [7, 11) is 0. The molecule has 1 heterocycles. The van der Waals surface area contributed by atoms with Crippen LogP contribution in [0.4, 0.5) is 0 Å². The number of amides is 1. The molecule has 1 aliphatic heterocycles. The van der Waals surface area contributed by atoms with Crippen molar-refractivity contribution in [3.05, 3.63) is 35.9 Å². The van der Waals surface area contributed by atoms with Gasteiger partial charge in [-0.3, -0.25) is 9.63 Å². The molecule has 3 unspecified atom stereocenters. The van der Waals surface area contributed by atoms with Gasteiger partial charge in [-0.1, -0.05) is 82.7 Å². The zero-order chi connectivity index (χ0) is 23.6. The summed E-state index contributed by atoms with van der Waals surface area (Å²) in [6.07, 6.45) is 12.1. The minimum Gasteiger partial charge on any atom is -0.353 e. The molecule has 0 aromatic heterocycles. The average Bonchev–Trinajstić information content (AvgIpc) is 2.76. The maximum atomic E-state index is 12.6. The number of rotatable bonds is 13. The highest BCUT2D eigenvalue weighted by molar-refractivity contribution is 5.76. The highest BCUT2D eigenvalue weighted by Crippen LogP contribution is 2.42. The minimum absolute atomic E-state index is 0.00943. The van der Waals surface area contributed by atoms with Gasteiger partial charge in [0.25, 0.3) is 0 Å². The number of carbonyl (C=O) groups is 1. The van der Waals surface area contributed by atoms with Gasteiger partial charge in [0.05, 0.1) is 0 Å². The lowest BCUT2D eigenvalue weighted by Gasteiger charge is -2.55. The smallest absolute Gasteiger partial charge is 0.220 e. The molecule has 1 N–H and O–H groups in total. The molecule has 2 rings (SSSR count). The van der Waals surface area contributed by atoms with Gasteiger partial charge >= 0.3 is 0 Å². The first-order valence-corrected chi connectivity index (χ1v) is 13.0. The van der Waals surface area contributed by atoms with Crippen molar-refractivity contribution in [3.8, 4) is 0 Å². The molecular formula is C28H48N2O2. The number of nitrogens with zero attached hydrogens (tertiary/aromatic N) is 1. The number of unbranched alkanes of at least 4 members (excludes halogenated alkanes) is 6. The Kier molecular flexibility index (Phi) is 10.7. The molecule has 0 bridgehead atoms. The van der Waals surface area contributed by atoms with Crippen molar-refractivity contribution < 1.29 is 9.63 Å². The van der Waals surface area contributed by atoms with Crippen molar-refractivity contribution in [1.82, 2.24) is 10.4 Å². The lowest BCUT2D eigenvalue weighted by molar-refractivity contribution is -0.311. The van der Waals surface area contributed by atoms with E-state index >= 15 is 0 Å². The summed E-state index contributed by atoms with van der Waals surface area (Å²) in [6, 6.07) is 10.6. The highest BCUT2D eigenvalue weighted by atomic mass is 16.7. The Balaban J connectivity index is 1.90.